The van der Waals surface area contributed by atoms with Crippen LogP contribution in [0.25, 0.3) is 11.1 Å². The molecule has 1 aliphatic carbocycles. The summed E-state index contributed by atoms with van der Waals surface area (Å²) >= 11 is 13.3. The Hall–Kier alpha value is -2.81. The third-order valence-corrected chi connectivity index (χ3v) is 8.72. The number of carbonyl (C=O) groups is 1. The largest absolute Gasteiger partial charge is 0.440 e. The van der Waals surface area contributed by atoms with Gasteiger partial charge < -0.3 is 4.42 Å². The Kier molecular flexibility index (Phi) is 6.39. The number of hydrogen-bond donors (Lipinski definition) is 0. The van der Waals surface area contributed by atoms with Crippen molar-refractivity contribution >= 4 is 49.9 Å². The van der Waals surface area contributed by atoms with Gasteiger partial charge in [-0.25, -0.2) is 17.8 Å². The van der Waals surface area contributed by atoms with Crippen LogP contribution in [0.4, 0.5) is 4.39 Å². The van der Waals surface area contributed by atoms with E-state index in [1.165, 1.54) is 24.4 Å². The highest BCUT2D eigenvalue weighted by molar-refractivity contribution is 7.91. The average Bonchev–Trinajstić information content (AvgIpc) is 3.50. The molecule has 1 aliphatic rings. The van der Waals surface area contributed by atoms with Crippen LogP contribution in [0.5, 0.6) is 0 Å². The molecule has 0 N–H and O–H groups in total. The minimum Gasteiger partial charge on any atom is -0.440 e. The van der Waals surface area contributed by atoms with Crippen molar-refractivity contribution in [1.82, 2.24) is 9.97 Å². The lowest BCUT2D eigenvalue weighted by molar-refractivity contribution is -0.117. The van der Waals surface area contributed by atoms with Crippen LogP contribution in [0.2, 0.25) is 10.0 Å². The number of ketones is 1. The lowest BCUT2D eigenvalue weighted by Crippen LogP contribution is -2.13. The molecule has 10 heteroatoms. The highest BCUT2D eigenvalue weighted by Crippen LogP contribution is 2.57. The molecule has 2 aromatic heterocycles. The number of carbonyl (C=O) groups excluding carboxylic acids is 1. The fraction of sp³-hybridized carbons (Fsp3) is 0.269. The van der Waals surface area contributed by atoms with E-state index in [1.807, 2.05) is 0 Å². The molecule has 5 rings (SSSR count). The summed E-state index contributed by atoms with van der Waals surface area (Å²) in [4.78, 5) is 21.5. The molecule has 186 valence electrons. The molecule has 2 aromatic carbocycles. The summed E-state index contributed by atoms with van der Waals surface area (Å²) < 4.78 is 43.3. The Bertz CT molecular complexity index is 1570. The van der Waals surface area contributed by atoms with Gasteiger partial charge in [0.15, 0.2) is 15.4 Å². The molecule has 0 bridgehead atoms. The summed E-state index contributed by atoms with van der Waals surface area (Å²) in [5, 5.41) is 0.812. The number of oxazole rings is 1. The second-order valence-corrected chi connectivity index (χ2v) is 12.0. The van der Waals surface area contributed by atoms with Crippen molar-refractivity contribution in [2.75, 3.05) is 5.75 Å². The van der Waals surface area contributed by atoms with Crippen molar-refractivity contribution in [3.05, 3.63) is 87.2 Å². The second-order valence-electron chi connectivity index (χ2n) is 8.93. The van der Waals surface area contributed by atoms with Crippen LogP contribution in [-0.4, -0.2) is 29.9 Å². The van der Waals surface area contributed by atoms with Crippen LogP contribution >= 0.6 is 23.2 Å². The average molecular weight is 547 g/mol. The van der Waals surface area contributed by atoms with Gasteiger partial charge in [-0.15, -0.1) is 0 Å². The Morgan fingerprint density at radius 1 is 1.08 bits per heavy atom. The molecule has 2 heterocycles. The van der Waals surface area contributed by atoms with Gasteiger partial charge in [-0.05, 0) is 54.8 Å². The molecular formula is C26H21Cl2FN2O4S. The van der Waals surface area contributed by atoms with Crippen LogP contribution < -0.4 is 0 Å². The van der Waals surface area contributed by atoms with Crippen LogP contribution in [0.3, 0.4) is 0 Å². The van der Waals surface area contributed by atoms with E-state index in [2.05, 4.69) is 9.97 Å². The van der Waals surface area contributed by atoms with Gasteiger partial charge in [-0.2, -0.15) is 0 Å². The van der Waals surface area contributed by atoms with Crippen molar-refractivity contribution in [2.45, 2.75) is 42.9 Å². The summed E-state index contributed by atoms with van der Waals surface area (Å²) in [6.45, 7) is 1.56. The number of benzene rings is 2. The third-order valence-electron chi connectivity index (χ3n) is 6.41. The molecule has 4 aromatic rings. The number of hydrogen-bond acceptors (Lipinski definition) is 6. The SMILES string of the molecule is CCS(=O)(=O)c1ccc(CC(=O)Cc2cc(Cl)c(C3(c4nc5ccc(F)cc5o4)CC3)c(Cl)c2)nc1. The van der Waals surface area contributed by atoms with E-state index in [0.717, 1.165) is 12.8 Å². The molecule has 0 unspecified atom stereocenters. The minimum absolute atomic E-state index is 0.0171. The number of Topliss-reactive ketones (excluding diaryl/α,β-unsaturated/α-hetero) is 1. The van der Waals surface area contributed by atoms with Crippen LogP contribution in [0.15, 0.2) is 58.0 Å². The van der Waals surface area contributed by atoms with Crippen LogP contribution in [0, 0.1) is 5.82 Å². The van der Waals surface area contributed by atoms with Gasteiger partial charge in [0.2, 0.25) is 5.89 Å². The van der Waals surface area contributed by atoms with E-state index in [1.54, 1.807) is 31.2 Å². The van der Waals surface area contributed by atoms with Crippen LogP contribution in [-0.2, 0) is 32.9 Å². The highest BCUT2D eigenvalue weighted by Gasteiger charge is 2.52. The van der Waals surface area contributed by atoms with Crippen molar-refractivity contribution < 1.29 is 22.0 Å². The molecule has 6 nitrogen and oxygen atoms in total. The van der Waals surface area contributed by atoms with Gasteiger partial charge in [0.1, 0.15) is 17.1 Å². The first-order valence-corrected chi connectivity index (χ1v) is 13.8. The number of sulfone groups is 1. The molecule has 0 spiro atoms. The van der Waals surface area contributed by atoms with E-state index in [9.17, 15) is 17.6 Å². The Morgan fingerprint density at radius 2 is 1.81 bits per heavy atom. The molecule has 0 aliphatic heterocycles. The first-order chi connectivity index (χ1) is 17.1. The number of pyridine rings is 1. The summed E-state index contributed by atoms with van der Waals surface area (Å²) in [7, 11) is -3.35. The molecule has 0 radical (unpaired) electrons. The van der Waals surface area contributed by atoms with Gasteiger partial charge in [0.05, 0.1) is 16.1 Å². The van der Waals surface area contributed by atoms with Gasteiger partial charge in [0, 0.05) is 46.4 Å². The standard InChI is InChI=1S/C26H21Cl2FN2O4S/c1-2-36(33,34)19-5-4-17(30-14-19)13-18(32)9-15-10-20(27)24(21(28)11-15)26(7-8-26)25-31-22-6-3-16(29)12-23(22)35-25/h3-6,10-12,14H,2,7-9,13H2,1H3. The van der Waals surface area contributed by atoms with Gasteiger partial charge >= 0.3 is 0 Å². The van der Waals surface area contributed by atoms with E-state index < -0.39 is 21.1 Å². The maximum Gasteiger partial charge on any atom is 0.206 e. The lowest BCUT2D eigenvalue weighted by Gasteiger charge is -2.17. The van der Waals surface area contributed by atoms with Crippen molar-refractivity contribution in [2.24, 2.45) is 0 Å². The summed E-state index contributed by atoms with van der Waals surface area (Å²) in [6.07, 6.45) is 2.88. The van der Waals surface area contributed by atoms with Crippen molar-refractivity contribution in [1.29, 1.82) is 0 Å². The number of aromatic nitrogens is 2. The van der Waals surface area contributed by atoms with Crippen molar-refractivity contribution in [3.63, 3.8) is 0 Å². The highest BCUT2D eigenvalue weighted by atomic mass is 35.5. The van der Waals surface area contributed by atoms with Crippen molar-refractivity contribution in [3.8, 4) is 0 Å². The zero-order valence-electron chi connectivity index (χ0n) is 19.2. The monoisotopic (exact) mass is 546 g/mol. The van der Waals surface area contributed by atoms with Gasteiger partial charge in [-0.3, -0.25) is 9.78 Å². The number of halogens is 3. The first-order valence-electron chi connectivity index (χ1n) is 11.4. The Morgan fingerprint density at radius 3 is 2.42 bits per heavy atom. The van der Waals surface area contributed by atoms with Gasteiger partial charge in [0.25, 0.3) is 0 Å². The van der Waals surface area contributed by atoms with E-state index in [0.29, 0.717) is 43.9 Å². The molecule has 0 atom stereocenters. The molecule has 1 saturated carbocycles. The molecule has 36 heavy (non-hydrogen) atoms. The third kappa shape index (κ3) is 4.65. The fourth-order valence-corrected chi connectivity index (χ4v) is 6.06. The normalized spacial score (nSPS) is 14.8. The number of rotatable bonds is 8. The predicted molar refractivity (Wildman–Crippen MR) is 135 cm³/mol. The lowest BCUT2D eigenvalue weighted by atomic mass is 9.93. The number of fused-ring (bicyclic) bond motifs is 1. The quantitative estimate of drug-likeness (QED) is 0.273. The fourth-order valence-electron chi connectivity index (χ4n) is 4.34. The Balaban J connectivity index is 1.34. The maximum absolute atomic E-state index is 13.6. The summed E-state index contributed by atoms with van der Waals surface area (Å²) in [5.74, 6) is -0.0975. The number of nitrogens with zero attached hydrogens (tertiary/aromatic N) is 2. The molecule has 0 saturated heterocycles. The molecule has 0 amide bonds. The van der Waals surface area contributed by atoms with E-state index >= 15 is 0 Å². The Labute approximate surface area is 217 Å². The molecule has 1 fully saturated rings. The maximum atomic E-state index is 13.6. The van der Waals surface area contributed by atoms with Crippen LogP contribution in [0.1, 0.15) is 42.5 Å². The topological polar surface area (TPSA) is 90.1 Å². The van der Waals surface area contributed by atoms with E-state index in [4.69, 9.17) is 27.6 Å². The van der Waals surface area contributed by atoms with E-state index in [-0.39, 0.29) is 29.3 Å². The van der Waals surface area contributed by atoms with Gasteiger partial charge in [-0.1, -0.05) is 30.1 Å². The second kappa shape index (κ2) is 9.25. The summed E-state index contributed by atoms with van der Waals surface area (Å²) in [6, 6.07) is 10.6. The zero-order chi connectivity index (χ0) is 25.7. The summed E-state index contributed by atoms with van der Waals surface area (Å²) in [5.41, 5.74) is 2.15. The smallest absolute Gasteiger partial charge is 0.206 e. The first kappa shape index (κ1) is 24.9. The minimum atomic E-state index is -3.35. The predicted octanol–water partition coefficient (Wildman–Crippen LogP) is 5.90. The zero-order valence-corrected chi connectivity index (χ0v) is 21.6. The molecular weight excluding hydrogens is 526 g/mol.